The van der Waals surface area contributed by atoms with Gasteiger partial charge in [0.2, 0.25) is 0 Å². The van der Waals surface area contributed by atoms with Gasteiger partial charge in [-0.2, -0.15) is 0 Å². The lowest BCUT2D eigenvalue weighted by Gasteiger charge is -2.30. The summed E-state index contributed by atoms with van der Waals surface area (Å²) >= 11 is 0. The molecule has 0 bridgehead atoms. The summed E-state index contributed by atoms with van der Waals surface area (Å²) in [7, 11) is 0. The molecule has 0 fully saturated rings. The van der Waals surface area contributed by atoms with Crippen LogP contribution in [-0.2, 0) is 0 Å². The third kappa shape index (κ3) is 2.70. The molecule has 0 aromatic heterocycles. The van der Waals surface area contributed by atoms with E-state index >= 15 is 0 Å². The van der Waals surface area contributed by atoms with Crippen molar-refractivity contribution in [3.63, 3.8) is 0 Å². The van der Waals surface area contributed by atoms with E-state index in [0.717, 1.165) is 18.7 Å². The molecule has 0 aliphatic carbocycles. The van der Waals surface area contributed by atoms with Crippen molar-refractivity contribution in [3.05, 3.63) is 23.8 Å². The summed E-state index contributed by atoms with van der Waals surface area (Å²) in [5.41, 5.74) is 7.26. The van der Waals surface area contributed by atoms with Gasteiger partial charge >= 0.3 is 5.97 Å². The number of anilines is 2. The van der Waals surface area contributed by atoms with Crippen LogP contribution in [0.4, 0.5) is 11.4 Å². The van der Waals surface area contributed by atoms with Gasteiger partial charge in [-0.1, -0.05) is 13.0 Å². The zero-order valence-electron chi connectivity index (χ0n) is 10.6. The van der Waals surface area contributed by atoms with Gasteiger partial charge in [0.25, 0.3) is 0 Å². The van der Waals surface area contributed by atoms with Gasteiger partial charge in [0.15, 0.2) is 0 Å². The number of para-hydroxylation sites is 1. The van der Waals surface area contributed by atoms with Crippen molar-refractivity contribution in [2.75, 3.05) is 17.2 Å². The molecule has 3 N–H and O–H groups in total. The fourth-order valence-corrected chi connectivity index (χ4v) is 1.93. The third-order valence-electron chi connectivity index (χ3n) is 3.09. The van der Waals surface area contributed by atoms with Gasteiger partial charge in [0.05, 0.1) is 16.9 Å². The average Bonchev–Trinajstić information content (AvgIpc) is 2.31. The molecule has 17 heavy (non-hydrogen) atoms. The Morgan fingerprint density at radius 3 is 2.59 bits per heavy atom. The average molecular weight is 236 g/mol. The first-order valence-electron chi connectivity index (χ1n) is 5.91. The standard InChI is InChI=1S/C13H20N2O2/c1-4-9(3)15(5-2)11-8-6-7-10(12(11)14)13(16)17/h6-9H,4-5,14H2,1-3H3,(H,16,17). The maximum Gasteiger partial charge on any atom is 0.337 e. The minimum absolute atomic E-state index is 0.171. The molecule has 0 amide bonds. The molecule has 0 radical (unpaired) electrons. The predicted molar refractivity (Wildman–Crippen MR) is 70.6 cm³/mol. The van der Waals surface area contributed by atoms with Crippen molar-refractivity contribution < 1.29 is 9.90 Å². The third-order valence-corrected chi connectivity index (χ3v) is 3.09. The van der Waals surface area contributed by atoms with E-state index in [9.17, 15) is 4.79 Å². The van der Waals surface area contributed by atoms with Crippen molar-refractivity contribution in [2.24, 2.45) is 0 Å². The number of hydrogen-bond donors (Lipinski definition) is 2. The molecule has 1 unspecified atom stereocenters. The molecule has 94 valence electrons. The van der Waals surface area contributed by atoms with Crippen molar-refractivity contribution in [1.82, 2.24) is 0 Å². The minimum atomic E-state index is -0.982. The molecular formula is C13H20N2O2. The van der Waals surface area contributed by atoms with Crippen LogP contribution in [0.5, 0.6) is 0 Å². The Kier molecular flexibility index (Phi) is 4.37. The normalized spacial score (nSPS) is 12.2. The highest BCUT2D eigenvalue weighted by Crippen LogP contribution is 2.28. The first-order chi connectivity index (χ1) is 8.02. The number of carbonyl (C=O) groups is 1. The molecule has 0 aliphatic heterocycles. The molecule has 4 heteroatoms. The van der Waals surface area contributed by atoms with E-state index in [4.69, 9.17) is 10.8 Å². The summed E-state index contributed by atoms with van der Waals surface area (Å²) in [6, 6.07) is 5.48. The molecule has 0 spiro atoms. The van der Waals surface area contributed by atoms with Gasteiger partial charge in [-0.05, 0) is 32.4 Å². The van der Waals surface area contributed by atoms with Gasteiger partial charge in [0, 0.05) is 12.6 Å². The van der Waals surface area contributed by atoms with E-state index in [2.05, 4.69) is 18.7 Å². The van der Waals surface area contributed by atoms with E-state index < -0.39 is 5.97 Å². The molecular weight excluding hydrogens is 216 g/mol. The maximum atomic E-state index is 11.0. The number of hydrogen-bond acceptors (Lipinski definition) is 3. The van der Waals surface area contributed by atoms with Gasteiger partial charge in [-0.3, -0.25) is 0 Å². The Morgan fingerprint density at radius 1 is 1.47 bits per heavy atom. The van der Waals surface area contributed by atoms with Gasteiger partial charge in [-0.25, -0.2) is 4.79 Å². The molecule has 1 aromatic carbocycles. The number of nitrogens with two attached hydrogens (primary N) is 1. The number of nitrogens with zero attached hydrogens (tertiary/aromatic N) is 1. The molecule has 0 saturated heterocycles. The number of aromatic carboxylic acids is 1. The largest absolute Gasteiger partial charge is 0.478 e. The van der Waals surface area contributed by atoms with E-state index in [1.54, 1.807) is 6.07 Å². The van der Waals surface area contributed by atoms with Crippen molar-refractivity contribution >= 4 is 17.3 Å². The molecule has 1 aromatic rings. The van der Waals surface area contributed by atoms with E-state index in [0.29, 0.717) is 11.7 Å². The Bertz CT molecular complexity index is 404. The highest BCUT2D eigenvalue weighted by molar-refractivity contribution is 5.97. The quantitative estimate of drug-likeness (QED) is 0.771. The molecule has 0 aliphatic rings. The van der Waals surface area contributed by atoms with Crippen LogP contribution in [0.2, 0.25) is 0 Å². The Balaban J connectivity index is 3.21. The lowest BCUT2D eigenvalue weighted by Crippen LogP contribution is -2.33. The van der Waals surface area contributed by atoms with Crippen molar-refractivity contribution in [1.29, 1.82) is 0 Å². The fourth-order valence-electron chi connectivity index (χ4n) is 1.93. The fraction of sp³-hybridized carbons (Fsp3) is 0.462. The number of nitrogen functional groups attached to an aromatic ring is 1. The summed E-state index contributed by atoms with van der Waals surface area (Å²) in [5.74, 6) is -0.982. The molecule has 0 heterocycles. The summed E-state index contributed by atoms with van der Waals surface area (Å²) in [5, 5.41) is 9.04. The topological polar surface area (TPSA) is 66.6 Å². The van der Waals surface area contributed by atoms with Crippen LogP contribution in [0.3, 0.4) is 0 Å². The second-order valence-corrected chi connectivity index (χ2v) is 4.09. The summed E-state index contributed by atoms with van der Waals surface area (Å²) < 4.78 is 0. The lowest BCUT2D eigenvalue weighted by molar-refractivity contribution is 0.0698. The van der Waals surface area contributed by atoms with Crippen LogP contribution in [0, 0.1) is 0 Å². The highest BCUT2D eigenvalue weighted by Gasteiger charge is 2.17. The van der Waals surface area contributed by atoms with Crippen LogP contribution >= 0.6 is 0 Å². The van der Waals surface area contributed by atoms with Gasteiger partial charge in [0.1, 0.15) is 0 Å². The van der Waals surface area contributed by atoms with Crippen LogP contribution in [0.1, 0.15) is 37.6 Å². The van der Waals surface area contributed by atoms with Crippen LogP contribution in [0.25, 0.3) is 0 Å². The van der Waals surface area contributed by atoms with Crippen molar-refractivity contribution in [2.45, 2.75) is 33.2 Å². The zero-order chi connectivity index (χ0) is 13.0. The Labute approximate surface area is 102 Å². The number of rotatable bonds is 5. The summed E-state index contributed by atoms with van der Waals surface area (Å²) in [6.45, 7) is 7.06. The Morgan fingerprint density at radius 2 is 2.12 bits per heavy atom. The van der Waals surface area contributed by atoms with Crippen molar-refractivity contribution in [3.8, 4) is 0 Å². The maximum absolute atomic E-state index is 11.0. The minimum Gasteiger partial charge on any atom is -0.478 e. The molecule has 1 rings (SSSR count). The van der Waals surface area contributed by atoms with E-state index in [-0.39, 0.29) is 5.56 Å². The summed E-state index contributed by atoms with van der Waals surface area (Å²) in [6.07, 6.45) is 0.991. The predicted octanol–water partition coefficient (Wildman–Crippen LogP) is 2.59. The van der Waals surface area contributed by atoms with E-state index in [1.807, 2.05) is 13.0 Å². The van der Waals surface area contributed by atoms with Gasteiger partial charge in [-0.15, -0.1) is 0 Å². The SMILES string of the molecule is CCC(C)N(CC)c1cccc(C(=O)O)c1N. The number of carboxylic acid groups (broad SMARTS) is 1. The van der Waals surface area contributed by atoms with Crippen LogP contribution in [0.15, 0.2) is 18.2 Å². The van der Waals surface area contributed by atoms with Crippen LogP contribution in [-0.4, -0.2) is 23.7 Å². The second kappa shape index (κ2) is 5.57. The first kappa shape index (κ1) is 13.4. The number of benzene rings is 1. The van der Waals surface area contributed by atoms with E-state index in [1.165, 1.54) is 6.07 Å². The molecule has 1 atom stereocenters. The number of carboxylic acids is 1. The second-order valence-electron chi connectivity index (χ2n) is 4.09. The zero-order valence-corrected chi connectivity index (χ0v) is 10.6. The lowest BCUT2D eigenvalue weighted by atomic mass is 10.1. The van der Waals surface area contributed by atoms with Gasteiger partial charge < -0.3 is 15.7 Å². The molecule has 0 saturated carbocycles. The highest BCUT2D eigenvalue weighted by atomic mass is 16.4. The molecule has 4 nitrogen and oxygen atoms in total. The first-order valence-corrected chi connectivity index (χ1v) is 5.91. The van der Waals surface area contributed by atoms with Crippen LogP contribution < -0.4 is 10.6 Å². The monoisotopic (exact) mass is 236 g/mol. The smallest absolute Gasteiger partial charge is 0.337 e. The Hall–Kier alpha value is -1.71. The summed E-state index contributed by atoms with van der Waals surface area (Å²) in [4.78, 5) is 13.2.